The van der Waals surface area contributed by atoms with Crippen LogP contribution in [-0.4, -0.2) is 23.9 Å². The SMILES string of the molecule is CC(OC(=O)C1CC(=O)Nc2cc(F)ccc21)C(=O)NCc1ccc(F)cc1. The van der Waals surface area contributed by atoms with Crippen molar-refractivity contribution in [3.63, 3.8) is 0 Å². The zero-order chi connectivity index (χ0) is 20.3. The van der Waals surface area contributed by atoms with E-state index in [-0.39, 0.29) is 24.5 Å². The van der Waals surface area contributed by atoms with Crippen molar-refractivity contribution in [2.24, 2.45) is 0 Å². The average Bonchev–Trinajstić information content (AvgIpc) is 2.66. The van der Waals surface area contributed by atoms with Gasteiger partial charge in [0.1, 0.15) is 11.6 Å². The van der Waals surface area contributed by atoms with Crippen molar-refractivity contribution in [2.75, 3.05) is 5.32 Å². The van der Waals surface area contributed by atoms with E-state index in [2.05, 4.69) is 10.6 Å². The Morgan fingerprint density at radius 1 is 1.18 bits per heavy atom. The van der Waals surface area contributed by atoms with E-state index in [1.54, 1.807) is 0 Å². The van der Waals surface area contributed by atoms with Gasteiger partial charge in [-0.05, 0) is 42.3 Å². The second-order valence-corrected chi connectivity index (χ2v) is 6.46. The number of hydrogen-bond donors (Lipinski definition) is 2. The summed E-state index contributed by atoms with van der Waals surface area (Å²) in [6.07, 6.45) is -1.25. The Bertz CT molecular complexity index is 915. The number of anilines is 1. The third-order valence-corrected chi connectivity index (χ3v) is 4.38. The van der Waals surface area contributed by atoms with Crippen molar-refractivity contribution in [3.8, 4) is 0 Å². The number of rotatable bonds is 5. The molecule has 8 heteroatoms. The summed E-state index contributed by atoms with van der Waals surface area (Å²) in [4.78, 5) is 36.5. The van der Waals surface area contributed by atoms with Crippen molar-refractivity contribution in [3.05, 3.63) is 65.2 Å². The number of benzene rings is 2. The molecule has 0 aliphatic carbocycles. The van der Waals surface area contributed by atoms with E-state index < -0.39 is 35.6 Å². The number of nitrogens with one attached hydrogen (secondary N) is 2. The molecule has 2 atom stereocenters. The van der Waals surface area contributed by atoms with Crippen LogP contribution in [0.25, 0.3) is 0 Å². The van der Waals surface area contributed by atoms with Gasteiger partial charge < -0.3 is 15.4 Å². The number of carbonyl (C=O) groups is 3. The van der Waals surface area contributed by atoms with Gasteiger partial charge in [-0.1, -0.05) is 18.2 Å². The van der Waals surface area contributed by atoms with Gasteiger partial charge in [0.05, 0.1) is 5.92 Å². The number of carbonyl (C=O) groups excluding carboxylic acids is 3. The van der Waals surface area contributed by atoms with Gasteiger partial charge in [-0.15, -0.1) is 0 Å². The molecular weight excluding hydrogens is 370 g/mol. The van der Waals surface area contributed by atoms with Crippen LogP contribution in [0, 0.1) is 11.6 Å². The largest absolute Gasteiger partial charge is 0.452 e. The van der Waals surface area contributed by atoms with Gasteiger partial charge in [0, 0.05) is 18.7 Å². The minimum absolute atomic E-state index is 0.148. The molecule has 2 aromatic rings. The van der Waals surface area contributed by atoms with E-state index in [4.69, 9.17) is 4.74 Å². The number of halogens is 2. The minimum Gasteiger partial charge on any atom is -0.452 e. The van der Waals surface area contributed by atoms with E-state index >= 15 is 0 Å². The van der Waals surface area contributed by atoms with Crippen LogP contribution in [0.2, 0.25) is 0 Å². The van der Waals surface area contributed by atoms with Crippen LogP contribution in [0.15, 0.2) is 42.5 Å². The molecule has 0 aromatic heterocycles. The lowest BCUT2D eigenvalue weighted by atomic mass is 9.90. The zero-order valence-electron chi connectivity index (χ0n) is 15.0. The predicted molar refractivity (Wildman–Crippen MR) is 96.2 cm³/mol. The molecule has 0 saturated heterocycles. The molecule has 28 heavy (non-hydrogen) atoms. The van der Waals surface area contributed by atoms with Gasteiger partial charge in [-0.25, -0.2) is 8.78 Å². The number of amides is 2. The van der Waals surface area contributed by atoms with Crippen LogP contribution in [0.4, 0.5) is 14.5 Å². The fourth-order valence-corrected chi connectivity index (χ4v) is 2.89. The van der Waals surface area contributed by atoms with Crippen molar-refractivity contribution in [2.45, 2.75) is 31.9 Å². The summed E-state index contributed by atoms with van der Waals surface area (Å²) in [5.74, 6) is -3.55. The fourth-order valence-electron chi connectivity index (χ4n) is 2.89. The first-order valence-electron chi connectivity index (χ1n) is 8.65. The molecule has 6 nitrogen and oxygen atoms in total. The summed E-state index contributed by atoms with van der Waals surface area (Å²) < 4.78 is 31.5. The van der Waals surface area contributed by atoms with E-state index in [0.29, 0.717) is 11.1 Å². The van der Waals surface area contributed by atoms with Crippen LogP contribution in [0.5, 0.6) is 0 Å². The Hall–Kier alpha value is -3.29. The maximum absolute atomic E-state index is 13.4. The van der Waals surface area contributed by atoms with Crippen LogP contribution in [0.3, 0.4) is 0 Å². The smallest absolute Gasteiger partial charge is 0.314 e. The molecule has 2 aromatic carbocycles. The lowest BCUT2D eigenvalue weighted by Gasteiger charge is -2.25. The lowest BCUT2D eigenvalue weighted by Crippen LogP contribution is -2.37. The van der Waals surface area contributed by atoms with E-state index in [1.807, 2.05) is 0 Å². The highest BCUT2D eigenvalue weighted by Gasteiger charge is 2.33. The highest BCUT2D eigenvalue weighted by atomic mass is 19.1. The Morgan fingerprint density at radius 2 is 1.86 bits per heavy atom. The molecule has 1 aliphatic rings. The third kappa shape index (κ3) is 4.51. The summed E-state index contributed by atoms with van der Waals surface area (Å²) in [5.41, 5.74) is 1.34. The molecule has 3 rings (SSSR count). The van der Waals surface area contributed by atoms with Gasteiger partial charge in [-0.3, -0.25) is 14.4 Å². The second-order valence-electron chi connectivity index (χ2n) is 6.46. The third-order valence-electron chi connectivity index (χ3n) is 4.38. The molecule has 0 fully saturated rings. The molecule has 0 bridgehead atoms. The number of ether oxygens (including phenoxy) is 1. The highest BCUT2D eigenvalue weighted by Crippen LogP contribution is 2.33. The van der Waals surface area contributed by atoms with E-state index in [0.717, 1.165) is 6.07 Å². The quantitative estimate of drug-likeness (QED) is 0.772. The molecule has 2 amide bonds. The maximum atomic E-state index is 13.4. The Morgan fingerprint density at radius 3 is 2.57 bits per heavy atom. The highest BCUT2D eigenvalue weighted by molar-refractivity contribution is 6.00. The normalized spacial score (nSPS) is 16.5. The number of fused-ring (bicyclic) bond motifs is 1. The van der Waals surface area contributed by atoms with Crippen molar-refractivity contribution < 1.29 is 27.9 Å². The minimum atomic E-state index is -1.10. The summed E-state index contributed by atoms with van der Waals surface area (Å²) in [6, 6.07) is 9.35. The standard InChI is InChI=1S/C20H18F2N2O4/c1-11(19(26)23-10-12-2-4-13(21)5-3-12)28-20(27)16-9-18(25)24-17-8-14(22)6-7-15(16)17/h2-8,11,16H,9-10H2,1H3,(H,23,26)(H,24,25). The molecular formula is C20H18F2N2O4. The van der Waals surface area contributed by atoms with Gasteiger partial charge in [0.2, 0.25) is 5.91 Å². The van der Waals surface area contributed by atoms with Crippen molar-refractivity contribution in [1.29, 1.82) is 0 Å². The first-order chi connectivity index (χ1) is 13.3. The van der Waals surface area contributed by atoms with Gasteiger partial charge in [0.25, 0.3) is 5.91 Å². The summed E-state index contributed by atoms with van der Waals surface area (Å²) in [5, 5.41) is 5.11. The molecule has 146 valence electrons. The fraction of sp³-hybridized carbons (Fsp3) is 0.250. The van der Waals surface area contributed by atoms with Crippen LogP contribution >= 0.6 is 0 Å². The van der Waals surface area contributed by atoms with Crippen LogP contribution in [-0.2, 0) is 25.7 Å². The first-order valence-corrected chi connectivity index (χ1v) is 8.65. The predicted octanol–water partition coefficient (Wildman–Crippen LogP) is 2.64. The number of esters is 1. The molecule has 1 aliphatic heterocycles. The Labute approximate surface area is 159 Å². The molecule has 1 heterocycles. The second kappa shape index (κ2) is 8.16. The van der Waals surface area contributed by atoms with Crippen molar-refractivity contribution >= 4 is 23.5 Å². The van der Waals surface area contributed by atoms with Gasteiger partial charge in [-0.2, -0.15) is 0 Å². The molecule has 2 unspecified atom stereocenters. The number of hydrogen-bond acceptors (Lipinski definition) is 4. The summed E-state index contributed by atoms with van der Waals surface area (Å²) >= 11 is 0. The van der Waals surface area contributed by atoms with Gasteiger partial charge >= 0.3 is 5.97 Å². The van der Waals surface area contributed by atoms with E-state index in [1.165, 1.54) is 43.3 Å². The summed E-state index contributed by atoms with van der Waals surface area (Å²) in [7, 11) is 0. The molecule has 0 saturated carbocycles. The summed E-state index contributed by atoms with van der Waals surface area (Å²) in [6.45, 7) is 1.56. The van der Waals surface area contributed by atoms with Crippen LogP contribution < -0.4 is 10.6 Å². The Balaban J connectivity index is 1.61. The Kier molecular flexibility index (Phi) is 5.67. The topological polar surface area (TPSA) is 84.5 Å². The lowest BCUT2D eigenvalue weighted by molar-refractivity contribution is -0.157. The maximum Gasteiger partial charge on any atom is 0.314 e. The first kappa shape index (κ1) is 19.5. The zero-order valence-corrected chi connectivity index (χ0v) is 15.0. The van der Waals surface area contributed by atoms with Crippen LogP contribution in [0.1, 0.15) is 30.4 Å². The molecule has 2 N–H and O–H groups in total. The monoisotopic (exact) mass is 388 g/mol. The molecule has 0 spiro atoms. The average molecular weight is 388 g/mol. The van der Waals surface area contributed by atoms with E-state index in [9.17, 15) is 23.2 Å². The van der Waals surface area contributed by atoms with Gasteiger partial charge in [0.15, 0.2) is 6.10 Å². The molecule has 0 radical (unpaired) electrons. The van der Waals surface area contributed by atoms with Crippen molar-refractivity contribution in [1.82, 2.24) is 5.32 Å².